The van der Waals surface area contributed by atoms with Crippen molar-refractivity contribution in [3.05, 3.63) is 29.3 Å². The standard InChI is InChI=1S/C11H17NO/c1-9-10(7-8-12-2)5-4-6-11(9)13-3/h4-6,12H,7-8H2,1-3H3. The minimum absolute atomic E-state index is 0.980. The average molecular weight is 179 g/mol. The molecule has 1 rings (SSSR count). The molecular formula is C11H17NO. The molecule has 0 fully saturated rings. The van der Waals surface area contributed by atoms with Crippen LogP contribution in [0.5, 0.6) is 5.75 Å². The molecule has 0 heterocycles. The van der Waals surface area contributed by atoms with E-state index in [0.717, 1.165) is 18.7 Å². The summed E-state index contributed by atoms with van der Waals surface area (Å²) in [5, 5.41) is 3.14. The van der Waals surface area contributed by atoms with Crippen LogP contribution in [0.4, 0.5) is 0 Å². The van der Waals surface area contributed by atoms with E-state index in [2.05, 4.69) is 18.3 Å². The van der Waals surface area contributed by atoms with Crippen LogP contribution in [0.2, 0.25) is 0 Å². The molecule has 0 aliphatic rings. The van der Waals surface area contributed by atoms with Gasteiger partial charge in [0.25, 0.3) is 0 Å². The molecule has 0 saturated carbocycles. The maximum Gasteiger partial charge on any atom is 0.122 e. The van der Waals surface area contributed by atoms with Gasteiger partial charge >= 0.3 is 0 Å². The third-order valence-electron chi connectivity index (χ3n) is 2.26. The van der Waals surface area contributed by atoms with Crippen LogP contribution >= 0.6 is 0 Å². The second-order valence-corrected chi connectivity index (χ2v) is 3.10. The highest BCUT2D eigenvalue weighted by Gasteiger charge is 2.02. The second kappa shape index (κ2) is 4.87. The van der Waals surface area contributed by atoms with E-state index in [1.54, 1.807) is 7.11 Å². The van der Waals surface area contributed by atoms with E-state index in [0.29, 0.717) is 0 Å². The van der Waals surface area contributed by atoms with Crippen LogP contribution in [0.3, 0.4) is 0 Å². The molecule has 1 aromatic carbocycles. The van der Waals surface area contributed by atoms with Gasteiger partial charge in [-0.2, -0.15) is 0 Å². The van der Waals surface area contributed by atoms with E-state index in [1.165, 1.54) is 11.1 Å². The van der Waals surface area contributed by atoms with Gasteiger partial charge in [-0.25, -0.2) is 0 Å². The summed E-state index contributed by atoms with van der Waals surface area (Å²) >= 11 is 0. The van der Waals surface area contributed by atoms with Gasteiger partial charge in [-0.15, -0.1) is 0 Å². The van der Waals surface area contributed by atoms with Gasteiger partial charge in [0.1, 0.15) is 5.75 Å². The molecule has 0 spiro atoms. The van der Waals surface area contributed by atoms with Gasteiger partial charge in [-0.05, 0) is 44.1 Å². The molecule has 0 aromatic heterocycles. The number of hydrogen-bond acceptors (Lipinski definition) is 2. The van der Waals surface area contributed by atoms with E-state index < -0.39 is 0 Å². The summed E-state index contributed by atoms with van der Waals surface area (Å²) in [6.07, 6.45) is 1.06. The minimum Gasteiger partial charge on any atom is -0.496 e. The Kier molecular flexibility index (Phi) is 3.77. The summed E-state index contributed by atoms with van der Waals surface area (Å²) in [6.45, 7) is 3.11. The van der Waals surface area contributed by atoms with Crippen molar-refractivity contribution < 1.29 is 4.74 Å². The zero-order valence-corrected chi connectivity index (χ0v) is 8.55. The highest BCUT2D eigenvalue weighted by molar-refractivity contribution is 5.39. The van der Waals surface area contributed by atoms with Crippen LogP contribution in [0, 0.1) is 6.92 Å². The quantitative estimate of drug-likeness (QED) is 0.760. The number of rotatable bonds is 4. The van der Waals surface area contributed by atoms with Crippen LogP contribution in [-0.2, 0) is 6.42 Å². The van der Waals surface area contributed by atoms with Gasteiger partial charge < -0.3 is 10.1 Å². The summed E-state index contributed by atoms with van der Waals surface area (Å²) in [4.78, 5) is 0. The molecule has 0 saturated heterocycles. The summed E-state index contributed by atoms with van der Waals surface area (Å²) in [5.74, 6) is 0.980. The first-order valence-electron chi connectivity index (χ1n) is 4.56. The highest BCUT2D eigenvalue weighted by atomic mass is 16.5. The van der Waals surface area contributed by atoms with Crippen LogP contribution in [0.15, 0.2) is 18.2 Å². The maximum atomic E-state index is 5.25. The van der Waals surface area contributed by atoms with E-state index in [4.69, 9.17) is 4.74 Å². The topological polar surface area (TPSA) is 21.3 Å². The molecule has 1 N–H and O–H groups in total. The van der Waals surface area contributed by atoms with Gasteiger partial charge in [0.2, 0.25) is 0 Å². The lowest BCUT2D eigenvalue weighted by Crippen LogP contribution is -2.11. The van der Waals surface area contributed by atoms with Crippen molar-refractivity contribution in [1.29, 1.82) is 0 Å². The molecule has 0 radical (unpaired) electrons. The fraction of sp³-hybridized carbons (Fsp3) is 0.455. The van der Waals surface area contributed by atoms with E-state index in [-0.39, 0.29) is 0 Å². The SMILES string of the molecule is CNCCc1cccc(OC)c1C. The average Bonchev–Trinajstić information content (AvgIpc) is 2.16. The Morgan fingerprint density at radius 2 is 2.15 bits per heavy atom. The van der Waals surface area contributed by atoms with Crippen molar-refractivity contribution in [3.8, 4) is 5.75 Å². The number of methoxy groups -OCH3 is 1. The fourth-order valence-corrected chi connectivity index (χ4v) is 1.41. The smallest absolute Gasteiger partial charge is 0.122 e. The predicted molar refractivity (Wildman–Crippen MR) is 55.4 cm³/mol. The maximum absolute atomic E-state index is 5.25. The first kappa shape index (κ1) is 10.1. The number of nitrogens with one attached hydrogen (secondary N) is 1. The lowest BCUT2D eigenvalue weighted by molar-refractivity contribution is 0.411. The first-order chi connectivity index (χ1) is 6.29. The Hall–Kier alpha value is -1.02. The molecule has 2 nitrogen and oxygen atoms in total. The predicted octanol–water partition coefficient (Wildman–Crippen LogP) is 1.77. The summed E-state index contributed by atoms with van der Waals surface area (Å²) < 4.78 is 5.25. The molecule has 1 aromatic rings. The molecule has 72 valence electrons. The van der Waals surface area contributed by atoms with E-state index in [1.807, 2.05) is 19.2 Å². The molecule has 2 heteroatoms. The van der Waals surface area contributed by atoms with Crippen molar-refractivity contribution in [2.45, 2.75) is 13.3 Å². The number of benzene rings is 1. The Balaban J connectivity index is 2.81. The summed E-state index contributed by atoms with van der Waals surface area (Å²) in [5.41, 5.74) is 2.61. The summed E-state index contributed by atoms with van der Waals surface area (Å²) in [6, 6.07) is 6.18. The largest absolute Gasteiger partial charge is 0.496 e. The molecule has 0 atom stereocenters. The molecule has 0 aliphatic carbocycles. The van der Waals surface area contributed by atoms with Crippen LogP contribution in [0.25, 0.3) is 0 Å². The van der Waals surface area contributed by atoms with E-state index >= 15 is 0 Å². The number of likely N-dealkylation sites (N-methyl/N-ethyl adjacent to an activating group) is 1. The minimum atomic E-state index is 0.980. The van der Waals surface area contributed by atoms with Crippen LogP contribution < -0.4 is 10.1 Å². The van der Waals surface area contributed by atoms with Crippen LogP contribution in [0.1, 0.15) is 11.1 Å². The van der Waals surface area contributed by atoms with Gasteiger partial charge in [-0.3, -0.25) is 0 Å². The van der Waals surface area contributed by atoms with Gasteiger partial charge in [0.15, 0.2) is 0 Å². The van der Waals surface area contributed by atoms with Gasteiger partial charge in [-0.1, -0.05) is 12.1 Å². The Labute approximate surface area is 79.9 Å². The van der Waals surface area contributed by atoms with Crippen molar-refractivity contribution in [1.82, 2.24) is 5.32 Å². The third-order valence-corrected chi connectivity index (χ3v) is 2.26. The zero-order chi connectivity index (χ0) is 9.68. The van der Waals surface area contributed by atoms with Crippen molar-refractivity contribution in [3.63, 3.8) is 0 Å². The number of hydrogen-bond donors (Lipinski definition) is 1. The third kappa shape index (κ3) is 2.46. The molecule has 0 unspecified atom stereocenters. The number of ether oxygens (including phenoxy) is 1. The van der Waals surface area contributed by atoms with Gasteiger partial charge in [0.05, 0.1) is 7.11 Å². The zero-order valence-electron chi connectivity index (χ0n) is 8.55. The van der Waals surface area contributed by atoms with Crippen molar-refractivity contribution >= 4 is 0 Å². The lowest BCUT2D eigenvalue weighted by Gasteiger charge is -2.09. The van der Waals surface area contributed by atoms with Gasteiger partial charge in [0, 0.05) is 0 Å². The Morgan fingerprint density at radius 3 is 2.77 bits per heavy atom. The first-order valence-corrected chi connectivity index (χ1v) is 4.56. The monoisotopic (exact) mass is 179 g/mol. The van der Waals surface area contributed by atoms with Crippen molar-refractivity contribution in [2.75, 3.05) is 20.7 Å². The Bertz CT molecular complexity index is 271. The summed E-state index contributed by atoms with van der Waals surface area (Å²) in [7, 11) is 3.68. The molecule has 0 bridgehead atoms. The lowest BCUT2D eigenvalue weighted by atomic mass is 10.1. The molecular weight excluding hydrogens is 162 g/mol. The molecule has 13 heavy (non-hydrogen) atoms. The molecule has 0 aliphatic heterocycles. The van der Waals surface area contributed by atoms with E-state index in [9.17, 15) is 0 Å². The van der Waals surface area contributed by atoms with Crippen LogP contribution in [-0.4, -0.2) is 20.7 Å². The highest BCUT2D eigenvalue weighted by Crippen LogP contribution is 2.20. The molecule has 0 amide bonds. The van der Waals surface area contributed by atoms with Crippen molar-refractivity contribution in [2.24, 2.45) is 0 Å². The second-order valence-electron chi connectivity index (χ2n) is 3.10. The normalized spacial score (nSPS) is 10.1. The Morgan fingerprint density at radius 1 is 1.38 bits per heavy atom. The fourth-order valence-electron chi connectivity index (χ4n) is 1.41.